The summed E-state index contributed by atoms with van der Waals surface area (Å²) in [6.07, 6.45) is 0.0243. The Morgan fingerprint density at radius 1 is 1.13 bits per heavy atom. The lowest BCUT2D eigenvalue weighted by Crippen LogP contribution is -2.30. The van der Waals surface area contributed by atoms with Crippen LogP contribution in [0.2, 0.25) is 0 Å². The van der Waals surface area contributed by atoms with Gasteiger partial charge in [0.25, 0.3) is 0 Å². The first kappa shape index (κ1) is 17.1. The van der Waals surface area contributed by atoms with E-state index in [4.69, 9.17) is 5.26 Å². The van der Waals surface area contributed by atoms with Crippen molar-refractivity contribution < 1.29 is 9.50 Å². The van der Waals surface area contributed by atoms with Crippen molar-refractivity contribution in [3.63, 3.8) is 0 Å². The molecule has 3 unspecified atom stereocenters. The molecule has 0 fully saturated rings. The van der Waals surface area contributed by atoms with E-state index in [0.29, 0.717) is 6.42 Å². The Balaban J connectivity index is 1.96. The van der Waals surface area contributed by atoms with Crippen LogP contribution in [0.3, 0.4) is 0 Å². The van der Waals surface area contributed by atoms with Crippen molar-refractivity contribution in [1.82, 2.24) is 5.32 Å². The predicted molar refractivity (Wildman–Crippen MR) is 88.1 cm³/mol. The number of nitrogens with one attached hydrogen (secondary N) is 1. The molecule has 0 aliphatic rings. The molecule has 0 aliphatic heterocycles. The second-order valence-corrected chi connectivity index (χ2v) is 5.80. The fourth-order valence-corrected chi connectivity index (χ4v) is 2.63. The number of hydrogen-bond donors (Lipinski definition) is 2. The van der Waals surface area contributed by atoms with E-state index in [0.717, 1.165) is 11.1 Å². The molecule has 4 heteroatoms. The maximum atomic E-state index is 13.7. The van der Waals surface area contributed by atoms with Crippen LogP contribution in [0.1, 0.15) is 49.1 Å². The van der Waals surface area contributed by atoms with Gasteiger partial charge in [-0.2, -0.15) is 5.26 Å². The molecule has 3 nitrogen and oxygen atoms in total. The number of aliphatic hydroxyl groups is 1. The van der Waals surface area contributed by atoms with Gasteiger partial charge in [-0.25, -0.2) is 4.39 Å². The Hall–Kier alpha value is -2.22. The summed E-state index contributed by atoms with van der Waals surface area (Å²) in [5, 5.41) is 22.4. The van der Waals surface area contributed by atoms with Crippen LogP contribution in [0.25, 0.3) is 0 Å². The summed E-state index contributed by atoms with van der Waals surface area (Å²) in [6.45, 7) is 3.93. The average molecular weight is 312 g/mol. The summed E-state index contributed by atoms with van der Waals surface area (Å²) in [6, 6.07) is 15.9. The molecule has 0 aliphatic carbocycles. The van der Waals surface area contributed by atoms with E-state index in [1.165, 1.54) is 12.1 Å². The molecule has 120 valence electrons. The molecule has 0 amide bonds. The van der Waals surface area contributed by atoms with E-state index in [-0.39, 0.29) is 17.6 Å². The molecular formula is C19H21FN2O. The van der Waals surface area contributed by atoms with Crippen molar-refractivity contribution >= 4 is 0 Å². The third kappa shape index (κ3) is 4.62. The highest BCUT2D eigenvalue weighted by molar-refractivity contribution is 5.34. The first-order valence-corrected chi connectivity index (χ1v) is 7.70. The topological polar surface area (TPSA) is 56.0 Å². The molecule has 3 atom stereocenters. The molecule has 0 spiro atoms. The number of aliphatic hydroxyl groups excluding tert-OH is 1. The quantitative estimate of drug-likeness (QED) is 0.851. The van der Waals surface area contributed by atoms with Gasteiger partial charge in [0.1, 0.15) is 11.9 Å². The fraction of sp³-hybridized carbons (Fsp3) is 0.316. The van der Waals surface area contributed by atoms with Crippen molar-refractivity contribution in [2.45, 2.75) is 38.5 Å². The molecular weight excluding hydrogens is 291 g/mol. The normalized spacial score (nSPS) is 14.7. The fourth-order valence-electron chi connectivity index (χ4n) is 2.63. The van der Waals surface area contributed by atoms with Crippen LogP contribution in [0.5, 0.6) is 0 Å². The number of nitrogens with zero attached hydrogens (tertiary/aromatic N) is 1. The number of hydrogen-bond acceptors (Lipinski definition) is 3. The van der Waals surface area contributed by atoms with E-state index in [9.17, 15) is 9.50 Å². The van der Waals surface area contributed by atoms with Crippen LogP contribution in [0.4, 0.5) is 4.39 Å². The number of nitriles is 1. The van der Waals surface area contributed by atoms with Crippen molar-refractivity contribution in [3.8, 4) is 6.07 Å². The first-order valence-electron chi connectivity index (χ1n) is 7.70. The van der Waals surface area contributed by atoms with Crippen LogP contribution in [-0.2, 0) is 0 Å². The molecule has 2 aromatic carbocycles. The van der Waals surface area contributed by atoms with E-state index in [1.54, 1.807) is 6.07 Å². The molecule has 0 radical (unpaired) electrons. The molecule has 0 aromatic heterocycles. The van der Waals surface area contributed by atoms with Crippen molar-refractivity contribution in [3.05, 3.63) is 71.0 Å². The standard InChI is InChI=1S/C19H21FN2O/c1-13(10-19(23)15-6-4-3-5-7-15)22-14(2)16-8-9-17(12-21)18(20)11-16/h3-9,11,13-14,19,22-23H,10H2,1-2H3. The van der Waals surface area contributed by atoms with Gasteiger partial charge in [-0.3, -0.25) is 0 Å². The summed E-state index contributed by atoms with van der Waals surface area (Å²) in [5.41, 5.74) is 1.72. The van der Waals surface area contributed by atoms with Gasteiger partial charge in [0.15, 0.2) is 0 Å². The second-order valence-electron chi connectivity index (χ2n) is 5.80. The van der Waals surface area contributed by atoms with Gasteiger partial charge in [-0.05, 0) is 43.5 Å². The minimum atomic E-state index is -0.538. The maximum absolute atomic E-state index is 13.7. The van der Waals surface area contributed by atoms with Gasteiger partial charge in [0.2, 0.25) is 0 Å². The zero-order valence-corrected chi connectivity index (χ0v) is 13.3. The van der Waals surface area contributed by atoms with Crippen molar-refractivity contribution in [2.75, 3.05) is 0 Å². The smallest absolute Gasteiger partial charge is 0.141 e. The summed E-state index contributed by atoms with van der Waals surface area (Å²) < 4.78 is 13.7. The van der Waals surface area contributed by atoms with Gasteiger partial charge in [0, 0.05) is 12.1 Å². The molecule has 2 N–H and O–H groups in total. The number of rotatable bonds is 6. The predicted octanol–water partition coefficient (Wildman–Crippen LogP) is 3.86. The molecule has 2 aromatic rings. The highest BCUT2D eigenvalue weighted by Gasteiger charge is 2.16. The zero-order valence-electron chi connectivity index (χ0n) is 13.3. The minimum Gasteiger partial charge on any atom is -0.388 e. The summed E-state index contributed by atoms with van der Waals surface area (Å²) in [5.74, 6) is -0.504. The summed E-state index contributed by atoms with van der Waals surface area (Å²) in [4.78, 5) is 0. The summed E-state index contributed by atoms with van der Waals surface area (Å²) in [7, 11) is 0. The third-order valence-corrected chi connectivity index (χ3v) is 3.91. The van der Waals surface area contributed by atoms with Gasteiger partial charge < -0.3 is 10.4 Å². The lowest BCUT2D eigenvalue weighted by atomic mass is 10.0. The lowest BCUT2D eigenvalue weighted by molar-refractivity contribution is 0.152. The molecule has 0 heterocycles. The van der Waals surface area contributed by atoms with Gasteiger partial charge in [-0.1, -0.05) is 36.4 Å². The van der Waals surface area contributed by atoms with Crippen LogP contribution in [-0.4, -0.2) is 11.1 Å². The van der Waals surface area contributed by atoms with Crippen molar-refractivity contribution in [1.29, 1.82) is 5.26 Å². The Morgan fingerprint density at radius 3 is 2.43 bits per heavy atom. The lowest BCUT2D eigenvalue weighted by Gasteiger charge is -2.23. The van der Waals surface area contributed by atoms with E-state index in [1.807, 2.05) is 50.2 Å². The van der Waals surface area contributed by atoms with Crippen LogP contribution in [0.15, 0.2) is 48.5 Å². The molecule has 23 heavy (non-hydrogen) atoms. The highest BCUT2D eigenvalue weighted by atomic mass is 19.1. The minimum absolute atomic E-state index is 0.0495. The molecule has 2 rings (SSSR count). The van der Waals surface area contributed by atoms with Crippen LogP contribution < -0.4 is 5.32 Å². The van der Waals surface area contributed by atoms with E-state index >= 15 is 0 Å². The Morgan fingerprint density at radius 2 is 1.83 bits per heavy atom. The van der Waals surface area contributed by atoms with Gasteiger partial charge >= 0.3 is 0 Å². The van der Waals surface area contributed by atoms with Gasteiger partial charge in [0.05, 0.1) is 11.7 Å². The van der Waals surface area contributed by atoms with Crippen LogP contribution >= 0.6 is 0 Å². The molecule has 0 saturated carbocycles. The number of halogens is 1. The average Bonchev–Trinajstić information content (AvgIpc) is 2.55. The maximum Gasteiger partial charge on any atom is 0.141 e. The first-order chi connectivity index (χ1) is 11.0. The second kappa shape index (κ2) is 7.87. The van der Waals surface area contributed by atoms with E-state index in [2.05, 4.69) is 5.32 Å². The monoisotopic (exact) mass is 312 g/mol. The largest absolute Gasteiger partial charge is 0.388 e. The summed E-state index contributed by atoms with van der Waals surface area (Å²) >= 11 is 0. The molecule has 0 bridgehead atoms. The van der Waals surface area contributed by atoms with Crippen LogP contribution in [0, 0.1) is 17.1 Å². The van der Waals surface area contributed by atoms with Gasteiger partial charge in [-0.15, -0.1) is 0 Å². The molecule has 0 saturated heterocycles. The highest BCUT2D eigenvalue weighted by Crippen LogP contribution is 2.21. The Bertz CT molecular complexity index is 682. The number of benzene rings is 2. The third-order valence-electron chi connectivity index (χ3n) is 3.91. The zero-order chi connectivity index (χ0) is 16.8. The van der Waals surface area contributed by atoms with Crippen molar-refractivity contribution in [2.24, 2.45) is 0 Å². The Labute approximate surface area is 136 Å². The SMILES string of the molecule is CC(CC(O)c1ccccc1)NC(C)c1ccc(C#N)c(F)c1. The Kier molecular flexibility index (Phi) is 5.86. The van der Waals surface area contributed by atoms with E-state index < -0.39 is 11.9 Å².